The number of carbonyl (C=O) groups is 3. The van der Waals surface area contributed by atoms with E-state index in [2.05, 4.69) is 10.4 Å². The Labute approximate surface area is 172 Å². The molecule has 1 aromatic carbocycles. The van der Waals surface area contributed by atoms with Gasteiger partial charge in [0.1, 0.15) is 6.04 Å². The number of nitrogens with zero attached hydrogens (tertiary/aromatic N) is 4. The van der Waals surface area contributed by atoms with Crippen molar-refractivity contribution in [2.75, 3.05) is 0 Å². The summed E-state index contributed by atoms with van der Waals surface area (Å²) in [4.78, 5) is 44.3. The van der Waals surface area contributed by atoms with E-state index in [4.69, 9.17) is 4.98 Å². The first-order chi connectivity index (χ1) is 14.4. The quantitative estimate of drug-likeness (QED) is 0.672. The van der Waals surface area contributed by atoms with Crippen LogP contribution in [0.15, 0.2) is 36.4 Å². The van der Waals surface area contributed by atoms with E-state index in [1.807, 2.05) is 37.3 Å². The molecule has 0 spiro atoms. The van der Waals surface area contributed by atoms with Gasteiger partial charge in [-0.25, -0.2) is 4.98 Å². The Hall–Kier alpha value is -3.55. The molecule has 1 atom stereocenters. The molecule has 1 aliphatic carbocycles. The van der Waals surface area contributed by atoms with Crippen LogP contribution < -0.4 is 5.32 Å². The lowest BCUT2D eigenvalue weighted by Crippen LogP contribution is -2.46. The first-order valence-corrected chi connectivity index (χ1v) is 10.00. The van der Waals surface area contributed by atoms with Gasteiger partial charge >= 0.3 is 0 Å². The second-order valence-corrected chi connectivity index (χ2v) is 7.90. The van der Waals surface area contributed by atoms with E-state index < -0.39 is 11.9 Å². The first-order valence-electron chi connectivity index (χ1n) is 10.00. The fourth-order valence-corrected chi connectivity index (χ4v) is 4.19. The topological polar surface area (TPSA) is 97.2 Å². The second-order valence-electron chi connectivity index (χ2n) is 7.90. The fraction of sp³-hybridized carbons (Fsp3) is 0.318. The predicted molar refractivity (Wildman–Crippen MR) is 109 cm³/mol. The highest BCUT2D eigenvalue weighted by Gasteiger charge is 2.45. The van der Waals surface area contributed by atoms with E-state index in [1.165, 1.54) is 0 Å². The molecule has 1 saturated heterocycles. The van der Waals surface area contributed by atoms with Gasteiger partial charge in [-0.3, -0.25) is 24.4 Å². The summed E-state index contributed by atoms with van der Waals surface area (Å²) in [5.41, 5.74) is 3.32. The summed E-state index contributed by atoms with van der Waals surface area (Å²) in [6, 6.07) is 10.6. The number of imide groups is 1. The van der Waals surface area contributed by atoms with Crippen molar-refractivity contribution in [3.63, 3.8) is 0 Å². The summed E-state index contributed by atoms with van der Waals surface area (Å²) < 4.78 is 1.67. The molecular weight excluding hydrogens is 382 g/mol. The Balaban J connectivity index is 1.67. The van der Waals surface area contributed by atoms with Crippen LogP contribution in [0.4, 0.5) is 0 Å². The van der Waals surface area contributed by atoms with Crippen molar-refractivity contribution in [2.24, 2.45) is 7.05 Å². The molecule has 1 saturated carbocycles. The van der Waals surface area contributed by atoms with Crippen molar-refractivity contribution in [3.8, 4) is 11.3 Å². The Morgan fingerprint density at radius 2 is 1.93 bits per heavy atom. The highest BCUT2D eigenvalue weighted by molar-refractivity contribution is 6.12. The third-order valence-electron chi connectivity index (χ3n) is 5.72. The van der Waals surface area contributed by atoms with Crippen LogP contribution in [0.1, 0.15) is 35.3 Å². The number of aromatic nitrogens is 3. The van der Waals surface area contributed by atoms with Crippen LogP contribution in [-0.4, -0.2) is 49.5 Å². The van der Waals surface area contributed by atoms with E-state index in [1.54, 1.807) is 22.7 Å². The molecule has 2 aromatic heterocycles. The highest BCUT2D eigenvalue weighted by atomic mass is 16.2. The monoisotopic (exact) mass is 403 g/mol. The molecule has 2 aliphatic rings. The molecule has 0 bridgehead atoms. The summed E-state index contributed by atoms with van der Waals surface area (Å²) in [7, 11) is 1.80. The average molecular weight is 403 g/mol. The number of rotatable bonds is 4. The van der Waals surface area contributed by atoms with Crippen molar-refractivity contribution in [3.05, 3.63) is 47.7 Å². The number of amides is 3. The minimum absolute atomic E-state index is 0.00681. The molecule has 5 rings (SSSR count). The molecule has 0 unspecified atom stereocenters. The van der Waals surface area contributed by atoms with Crippen LogP contribution in [0, 0.1) is 6.92 Å². The summed E-state index contributed by atoms with van der Waals surface area (Å²) in [5, 5.41) is 7.47. The maximum absolute atomic E-state index is 13.8. The molecule has 1 aliphatic heterocycles. The number of hydrogen-bond acceptors (Lipinski definition) is 5. The molecule has 3 aromatic rings. The fourth-order valence-electron chi connectivity index (χ4n) is 4.19. The maximum Gasteiger partial charge on any atom is 0.255 e. The van der Waals surface area contributed by atoms with E-state index in [9.17, 15) is 14.4 Å². The van der Waals surface area contributed by atoms with Gasteiger partial charge < -0.3 is 4.90 Å². The number of carbonyl (C=O) groups excluding carboxylic acids is 3. The molecule has 3 heterocycles. The van der Waals surface area contributed by atoms with Crippen LogP contribution in [0.5, 0.6) is 0 Å². The van der Waals surface area contributed by atoms with Crippen LogP contribution in [-0.2, 0) is 16.6 Å². The average Bonchev–Trinajstić information content (AvgIpc) is 3.45. The van der Waals surface area contributed by atoms with Crippen molar-refractivity contribution in [1.82, 2.24) is 25.0 Å². The van der Waals surface area contributed by atoms with Gasteiger partial charge in [-0.2, -0.15) is 5.10 Å². The van der Waals surface area contributed by atoms with Crippen molar-refractivity contribution < 1.29 is 14.4 Å². The van der Waals surface area contributed by atoms with Gasteiger partial charge in [0.15, 0.2) is 5.65 Å². The Kier molecular flexibility index (Phi) is 4.16. The van der Waals surface area contributed by atoms with Gasteiger partial charge in [-0.15, -0.1) is 0 Å². The minimum atomic E-state index is -0.766. The van der Waals surface area contributed by atoms with Gasteiger partial charge in [0.25, 0.3) is 5.91 Å². The van der Waals surface area contributed by atoms with Gasteiger partial charge in [0, 0.05) is 18.7 Å². The van der Waals surface area contributed by atoms with E-state index in [-0.39, 0.29) is 24.3 Å². The third kappa shape index (κ3) is 2.96. The normalized spacial score (nSPS) is 18.7. The maximum atomic E-state index is 13.8. The standard InChI is InChI=1S/C22H21N5O3/c1-12-19-15(22(30)27(14-8-9-14)17-11-18(28)24-21(17)29)10-16(13-6-4-3-5-7-13)23-20(19)26(2)25-12/h3-7,10,14,17H,8-9,11H2,1-2H3,(H,24,28,29)/t17-/m1/s1. The van der Waals surface area contributed by atoms with Gasteiger partial charge in [-0.1, -0.05) is 30.3 Å². The largest absolute Gasteiger partial charge is 0.323 e. The van der Waals surface area contributed by atoms with Crippen molar-refractivity contribution in [2.45, 2.75) is 38.3 Å². The number of benzene rings is 1. The number of hydrogen-bond donors (Lipinski definition) is 1. The van der Waals surface area contributed by atoms with Crippen molar-refractivity contribution >= 4 is 28.8 Å². The van der Waals surface area contributed by atoms with E-state index in [0.29, 0.717) is 28.0 Å². The first kappa shape index (κ1) is 18.5. The van der Waals surface area contributed by atoms with Crippen molar-refractivity contribution in [1.29, 1.82) is 0 Å². The molecule has 152 valence electrons. The number of nitrogens with one attached hydrogen (secondary N) is 1. The van der Waals surface area contributed by atoms with Crippen LogP contribution in [0.25, 0.3) is 22.3 Å². The van der Waals surface area contributed by atoms with Crippen LogP contribution >= 0.6 is 0 Å². The second kappa shape index (κ2) is 6.76. The van der Waals surface area contributed by atoms with Crippen LogP contribution in [0.2, 0.25) is 0 Å². The molecule has 8 nitrogen and oxygen atoms in total. The number of pyridine rings is 1. The predicted octanol–water partition coefficient (Wildman–Crippen LogP) is 1.96. The smallest absolute Gasteiger partial charge is 0.255 e. The lowest BCUT2D eigenvalue weighted by Gasteiger charge is -2.27. The molecule has 1 N–H and O–H groups in total. The Bertz CT molecular complexity index is 1200. The van der Waals surface area contributed by atoms with E-state index >= 15 is 0 Å². The van der Waals surface area contributed by atoms with E-state index in [0.717, 1.165) is 18.4 Å². The lowest BCUT2D eigenvalue weighted by atomic mass is 10.0. The number of aryl methyl sites for hydroxylation is 2. The summed E-state index contributed by atoms with van der Waals surface area (Å²) in [6.07, 6.45) is 1.66. The zero-order valence-corrected chi connectivity index (χ0v) is 16.8. The van der Waals surface area contributed by atoms with Gasteiger partial charge in [0.2, 0.25) is 11.8 Å². The zero-order chi connectivity index (χ0) is 21.0. The summed E-state index contributed by atoms with van der Waals surface area (Å²) >= 11 is 0. The van der Waals surface area contributed by atoms with Gasteiger partial charge in [-0.05, 0) is 25.8 Å². The SMILES string of the molecule is Cc1nn(C)c2nc(-c3ccccc3)cc(C(=O)N(C3CC3)[C@@H]3CC(=O)NC3=O)c12. The third-order valence-corrected chi connectivity index (χ3v) is 5.72. The molecule has 30 heavy (non-hydrogen) atoms. The molecule has 8 heteroatoms. The molecular formula is C22H21N5O3. The molecule has 3 amide bonds. The summed E-state index contributed by atoms with van der Waals surface area (Å²) in [5.74, 6) is -1.00. The lowest BCUT2D eigenvalue weighted by molar-refractivity contribution is -0.126. The zero-order valence-electron chi connectivity index (χ0n) is 16.8. The Morgan fingerprint density at radius 1 is 1.20 bits per heavy atom. The van der Waals surface area contributed by atoms with Gasteiger partial charge in [0.05, 0.1) is 28.8 Å². The minimum Gasteiger partial charge on any atom is -0.323 e. The summed E-state index contributed by atoms with van der Waals surface area (Å²) in [6.45, 7) is 1.84. The van der Waals surface area contributed by atoms with Crippen LogP contribution in [0.3, 0.4) is 0 Å². The Morgan fingerprint density at radius 3 is 2.57 bits per heavy atom. The highest BCUT2D eigenvalue weighted by Crippen LogP contribution is 2.35. The molecule has 0 radical (unpaired) electrons. The molecule has 2 fully saturated rings. The number of fused-ring (bicyclic) bond motifs is 1.